The summed E-state index contributed by atoms with van der Waals surface area (Å²) >= 11 is 0. The van der Waals surface area contributed by atoms with E-state index in [-0.39, 0.29) is 24.9 Å². The molecule has 4 aromatic rings. The van der Waals surface area contributed by atoms with Crippen LogP contribution in [0.4, 0.5) is 5.69 Å². The molecule has 0 bridgehead atoms. The van der Waals surface area contributed by atoms with E-state index in [1.807, 2.05) is 106 Å². The molecule has 242 valence electrons. The molecular weight excluding hydrogens is 598 g/mol. The molecule has 0 saturated heterocycles. The highest BCUT2D eigenvalue weighted by molar-refractivity contribution is 7.92. The zero-order valence-corrected chi connectivity index (χ0v) is 27.7. The number of ether oxygens (including phenoxy) is 1. The lowest BCUT2D eigenvalue weighted by molar-refractivity contribution is -0.140. The van der Waals surface area contributed by atoms with E-state index in [0.29, 0.717) is 18.0 Å². The minimum absolute atomic E-state index is 0.101. The number of amides is 2. The van der Waals surface area contributed by atoms with Gasteiger partial charge in [-0.3, -0.25) is 13.9 Å². The predicted octanol–water partition coefficient (Wildman–Crippen LogP) is 5.89. The van der Waals surface area contributed by atoms with Crippen LogP contribution in [0.2, 0.25) is 0 Å². The second-order valence-corrected chi connectivity index (χ2v) is 13.4. The van der Waals surface area contributed by atoms with Crippen LogP contribution in [-0.4, -0.2) is 50.0 Å². The summed E-state index contributed by atoms with van der Waals surface area (Å²) in [7, 11) is -3.88. The fraction of sp³-hybridized carbons (Fsp3) is 0.297. The van der Waals surface area contributed by atoms with Crippen LogP contribution >= 0.6 is 0 Å². The van der Waals surface area contributed by atoms with Crippen molar-refractivity contribution in [2.45, 2.75) is 58.8 Å². The van der Waals surface area contributed by atoms with Crippen LogP contribution in [0, 0.1) is 6.92 Å². The van der Waals surface area contributed by atoms with Crippen molar-refractivity contribution in [3.63, 3.8) is 0 Å². The van der Waals surface area contributed by atoms with Crippen LogP contribution in [0.25, 0.3) is 0 Å². The van der Waals surface area contributed by atoms with Crippen LogP contribution in [0.1, 0.15) is 42.5 Å². The van der Waals surface area contributed by atoms with Crippen molar-refractivity contribution in [1.29, 1.82) is 0 Å². The van der Waals surface area contributed by atoms with E-state index in [4.69, 9.17) is 4.74 Å². The van der Waals surface area contributed by atoms with Gasteiger partial charge in [-0.2, -0.15) is 0 Å². The number of carbonyl (C=O) groups is 2. The van der Waals surface area contributed by atoms with Crippen LogP contribution in [0.5, 0.6) is 5.75 Å². The van der Waals surface area contributed by atoms with Crippen LogP contribution < -0.4 is 14.4 Å². The Morgan fingerprint density at radius 2 is 1.41 bits per heavy atom. The maximum absolute atomic E-state index is 14.3. The van der Waals surface area contributed by atoms with Gasteiger partial charge in [0.25, 0.3) is 0 Å². The van der Waals surface area contributed by atoms with Crippen molar-refractivity contribution in [3.05, 3.63) is 131 Å². The Balaban J connectivity index is 1.65. The highest BCUT2D eigenvalue weighted by Gasteiger charge is 2.33. The predicted molar refractivity (Wildman–Crippen MR) is 183 cm³/mol. The van der Waals surface area contributed by atoms with E-state index in [9.17, 15) is 18.0 Å². The third-order valence-corrected chi connectivity index (χ3v) is 9.07. The first-order chi connectivity index (χ1) is 22.0. The summed E-state index contributed by atoms with van der Waals surface area (Å²) in [5.74, 6) is -0.206. The van der Waals surface area contributed by atoms with Crippen molar-refractivity contribution in [1.82, 2.24) is 10.2 Å². The number of aryl methyl sites for hydroxylation is 1. The number of nitrogens with zero attached hydrogens (tertiary/aromatic N) is 2. The second kappa shape index (κ2) is 16.1. The molecule has 8 nitrogen and oxygen atoms in total. The molecule has 4 aromatic carbocycles. The summed E-state index contributed by atoms with van der Waals surface area (Å²) in [6.45, 7) is 5.88. The topological polar surface area (TPSA) is 96.0 Å². The Hall–Kier alpha value is -4.63. The number of hydrogen-bond donors (Lipinski definition) is 1. The zero-order valence-electron chi connectivity index (χ0n) is 26.9. The van der Waals surface area contributed by atoms with Gasteiger partial charge >= 0.3 is 0 Å². The fourth-order valence-electron chi connectivity index (χ4n) is 5.03. The van der Waals surface area contributed by atoms with Gasteiger partial charge in [-0.15, -0.1) is 0 Å². The molecule has 2 atom stereocenters. The quantitative estimate of drug-likeness (QED) is 0.175. The Bertz CT molecular complexity index is 1680. The summed E-state index contributed by atoms with van der Waals surface area (Å²) in [6, 6.07) is 32.6. The SMILES string of the molecule is CC[C@H](C)NC(=O)[C@@H](Cc1ccccc1)N(Cc1ccccc1C)C(=O)CN(c1ccc(OCc2ccccc2)cc1)S(C)(=O)=O. The molecule has 0 radical (unpaired) electrons. The summed E-state index contributed by atoms with van der Waals surface area (Å²) in [5, 5.41) is 3.05. The first-order valence-electron chi connectivity index (χ1n) is 15.5. The van der Waals surface area contributed by atoms with E-state index >= 15 is 0 Å². The standard InChI is InChI=1S/C37H43N3O5S/c1-5-29(3)38-37(42)35(24-30-15-8-6-9-16-30)39(25-32-19-13-12-14-28(32)2)36(41)26-40(46(4,43)44)33-20-22-34(23-21-33)45-27-31-17-10-7-11-18-31/h6-23,29,35H,5,24-27H2,1-4H3,(H,38,42)/t29-,35+/m0/s1. The van der Waals surface area contributed by atoms with Gasteiger partial charge in [-0.25, -0.2) is 8.42 Å². The Morgan fingerprint density at radius 3 is 2.00 bits per heavy atom. The Kier molecular flexibility index (Phi) is 12.0. The molecule has 0 aliphatic heterocycles. The third-order valence-electron chi connectivity index (χ3n) is 7.93. The Morgan fingerprint density at radius 1 is 0.826 bits per heavy atom. The second-order valence-electron chi connectivity index (χ2n) is 11.5. The van der Waals surface area contributed by atoms with Gasteiger partial charge in [0.15, 0.2) is 0 Å². The number of hydrogen-bond acceptors (Lipinski definition) is 5. The normalized spacial score (nSPS) is 12.5. The van der Waals surface area contributed by atoms with E-state index in [1.54, 1.807) is 24.3 Å². The molecule has 0 spiro atoms. The average molecular weight is 642 g/mol. The van der Waals surface area contributed by atoms with E-state index in [1.165, 1.54) is 4.90 Å². The Labute approximate surface area is 273 Å². The molecular formula is C37H43N3O5S. The monoisotopic (exact) mass is 641 g/mol. The molecule has 0 unspecified atom stereocenters. The average Bonchev–Trinajstić information content (AvgIpc) is 3.05. The van der Waals surface area contributed by atoms with Gasteiger partial charge in [-0.05, 0) is 66.8 Å². The van der Waals surface area contributed by atoms with Gasteiger partial charge in [0.05, 0.1) is 11.9 Å². The van der Waals surface area contributed by atoms with Crippen LogP contribution in [0.15, 0.2) is 109 Å². The summed E-state index contributed by atoms with van der Waals surface area (Å²) in [4.78, 5) is 29.7. The van der Waals surface area contributed by atoms with Crippen LogP contribution in [-0.2, 0) is 39.2 Å². The molecule has 0 fully saturated rings. The van der Waals surface area contributed by atoms with Crippen molar-refractivity contribution >= 4 is 27.5 Å². The first kappa shape index (κ1) is 34.2. The lowest BCUT2D eigenvalue weighted by Gasteiger charge is -2.34. The third kappa shape index (κ3) is 9.68. The van der Waals surface area contributed by atoms with E-state index < -0.39 is 28.5 Å². The van der Waals surface area contributed by atoms with Crippen molar-refractivity contribution in [3.8, 4) is 5.75 Å². The van der Waals surface area contributed by atoms with Gasteiger partial charge in [0, 0.05) is 19.0 Å². The van der Waals surface area contributed by atoms with Gasteiger partial charge < -0.3 is 15.0 Å². The fourth-order valence-corrected chi connectivity index (χ4v) is 5.88. The van der Waals surface area contributed by atoms with Crippen molar-refractivity contribution in [2.75, 3.05) is 17.1 Å². The smallest absolute Gasteiger partial charge is 0.244 e. The molecule has 9 heteroatoms. The van der Waals surface area contributed by atoms with Gasteiger partial charge in [0.2, 0.25) is 21.8 Å². The minimum atomic E-state index is -3.88. The number of carbonyl (C=O) groups excluding carboxylic acids is 2. The molecule has 0 aromatic heterocycles. The number of benzene rings is 4. The molecule has 2 amide bonds. The highest BCUT2D eigenvalue weighted by atomic mass is 32.2. The molecule has 0 aliphatic carbocycles. The maximum Gasteiger partial charge on any atom is 0.244 e. The van der Waals surface area contributed by atoms with Gasteiger partial charge in [0.1, 0.15) is 24.9 Å². The molecule has 46 heavy (non-hydrogen) atoms. The van der Waals surface area contributed by atoms with E-state index in [0.717, 1.165) is 39.2 Å². The molecule has 0 saturated carbocycles. The van der Waals surface area contributed by atoms with Gasteiger partial charge in [-0.1, -0.05) is 91.9 Å². The van der Waals surface area contributed by atoms with E-state index in [2.05, 4.69) is 5.32 Å². The number of sulfonamides is 1. The molecule has 1 N–H and O–H groups in total. The minimum Gasteiger partial charge on any atom is -0.489 e. The summed E-state index contributed by atoms with van der Waals surface area (Å²) in [6.07, 6.45) is 2.07. The lowest BCUT2D eigenvalue weighted by atomic mass is 10.0. The summed E-state index contributed by atoms with van der Waals surface area (Å²) < 4.78 is 33.2. The first-order valence-corrected chi connectivity index (χ1v) is 17.3. The van der Waals surface area contributed by atoms with Crippen molar-refractivity contribution in [2.24, 2.45) is 0 Å². The zero-order chi connectivity index (χ0) is 33.1. The molecule has 0 heterocycles. The number of nitrogens with one attached hydrogen (secondary N) is 1. The summed E-state index contributed by atoms with van der Waals surface area (Å²) in [5.41, 5.74) is 4.05. The molecule has 4 rings (SSSR count). The number of rotatable bonds is 15. The highest BCUT2D eigenvalue weighted by Crippen LogP contribution is 2.24. The number of anilines is 1. The maximum atomic E-state index is 14.3. The molecule has 0 aliphatic rings. The van der Waals surface area contributed by atoms with Crippen LogP contribution in [0.3, 0.4) is 0 Å². The van der Waals surface area contributed by atoms with Crippen molar-refractivity contribution < 1.29 is 22.7 Å². The largest absolute Gasteiger partial charge is 0.489 e. The lowest BCUT2D eigenvalue weighted by Crippen LogP contribution is -2.54.